The first-order chi connectivity index (χ1) is 13.2. The highest BCUT2D eigenvalue weighted by molar-refractivity contribution is 5.78. The predicted octanol–water partition coefficient (Wildman–Crippen LogP) is 2.91. The number of aromatic nitrogens is 2. The lowest BCUT2D eigenvalue weighted by Gasteiger charge is -2.27. The summed E-state index contributed by atoms with van der Waals surface area (Å²) in [6.07, 6.45) is 0.748. The molecule has 2 heterocycles. The van der Waals surface area contributed by atoms with Crippen molar-refractivity contribution in [2.45, 2.75) is 13.0 Å². The van der Waals surface area contributed by atoms with Gasteiger partial charge in [-0.3, -0.25) is 9.89 Å². The number of aromatic amines is 1. The standard InChI is InChI=1S/C21H18N4O2/c22-12-15-6-8-17(9-7-15)27-14-20(26)25-11-10-19-18(13-25)21(24-23-19)16-4-2-1-3-5-16/h1-9H,10-11,13-14H2,(H,23,24). The second-order valence-corrected chi connectivity index (χ2v) is 6.39. The maximum atomic E-state index is 12.6. The molecule has 3 aromatic rings. The Morgan fingerprint density at radius 1 is 1.19 bits per heavy atom. The lowest BCUT2D eigenvalue weighted by Crippen LogP contribution is -2.38. The number of hydrogen-bond donors (Lipinski definition) is 1. The van der Waals surface area contributed by atoms with Crippen molar-refractivity contribution >= 4 is 5.91 Å². The molecule has 0 aliphatic carbocycles. The van der Waals surface area contributed by atoms with Crippen LogP contribution in [0.5, 0.6) is 5.75 Å². The lowest BCUT2D eigenvalue weighted by molar-refractivity contribution is -0.134. The van der Waals surface area contributed by atoms with E-state index in [1.54, 1.807) is 29.2 Å². The largest absolute Gasteiger partial charge is 0.484 e. The highest BCUT2D eigenvalue weighted by Crippen LogP contribution is 2.28. The van der Waals surface area contributed by atoms with Crippen LogP contribution in [0.25, 0.3) is 11.3 Å². The number of rotatable bonds is 4. The zero-order chi connectivity index (χ0) is 18.6. The van der Waals surface area contributed by atoms with Gasteiger partial charge in [0, 0.05) is 36.3 Å². The molecule has 6 heteroatoms. The zero-order valence-corrected chi connectivity index (χ0v) is 14.7. The van der Waals surface area contributed by atoms with E-state index < -0.39 is 0 Å². The van der Waals surface area contributed by atoms with Gasteiger partial charge in [-0.05, 0) is 24.3 Å². The molecule has 0 fully saturated rings. The van der Waals surface area contributed by atoms with E-state index in [1.807, 2.05) is 30.3 Å². The zero-order valence-electron chi connectivity index (χ0n) is 14.7. The Kier molecular flexibility index (Phi) is 4.58. The molecule has 134 valence electrons. The molecule has 0 radical (unpaired) electrons. The van der Waals surface area contributed by atoms with Crippen molar-refractivity contribution in [1.82, 2.24) is 15.1 Å². The minimum absolute atomic E-state index is 0.0280. The van der Waals surface area contributed by atoms with Gasteiger partial charge in [-0.2, -0.15) is 10.4 Å². The average Bonchev–Trinajstić information content (AvgIpc) is 3.16. The maximum absolute atomic E-state index is 12.6. The van der Waals surface area contributed by atoms with Gasteiger partial charge in [-0.25, -0.2) is 0 Å². The number of nitrogens with one attached hydrogen (secondary N) is 1. The van der Waals surface area contributed by atoms with Gasteiger partial charge in [0.05, 0.1) is 17.3 Å². The van der Waals surface area contributed by atoms with Crippen molar-refractivity contribution in [3.8, 4) is 23.1 Å². The van der Waals surface area contributed by atoms with Gasteiger partial charge in [0.25, 0.3) is 5.91 Å². The van der Waals surface area contributed by atoms with Gasteiger partial charge in [0.1, 0.15) is 5.75 Å². The van der Waals surface area contributed by atoms with Crippen LogP contribution in [-0.4, -0.2) is 34.2 Å². The van der Waals surface area contributed by atoms with Crippen molar-refractivity contribution in [3.63, 3.8) is 0 Å². The number of nitrogens with zero attached hydrogens (tertiary/aromatic N) is 3. The molecule has 0 saturated carbocycles. The van der Waals surface area contributed by atoms with Crippen LogP contribution in [0.2, 0.25) is 0 Å². The van der Waals surface area contributed by atoms with Gasteiger partial charge >= 0.3 is 0 Å². The molecule has 1 N–H and O–H groups in total. The third-order valence-electron chi connectivity index (χ3n) is 4.68. The van der Waals surface area contributed by atoms with Gasteiger partial charge in [0.15, 0.2) is 6.61 Å². The van der Waals surface area contributed by atoms with Crippen molar-refractivity contribution in [2.24, 2.45) is 0 Å². The third kappa shape index (κ3) is 3.53. The second kappa shape index (κ2) is 7.34. The van der Waals surface area contributed by atoms with Crippen molar-refractivity contribution in [2.75, 3.05) is 13.2 Å². The summed E-state index contributed by atoms with van der Waals surface area (Å²) in [4.78, 5) is 14.4. The number of carbonyl (C=O) groups is 1. The highest BCUT2D eigenvalue weighted by atomic mass is 16.5. The summed E-state index contributed by atoms with van der Waals surface area (Å²) in [6, 6.07) is 18.8. The quantitative estimate of drug-likeness (QED) is 0.777. The van der Waals surface area contributed by atoms with E-state index in [0.29, 0.717) is 24.4 Å². The monoisotopic (exact) mass is 358 g/mol. The Morgan fingerprint density at radius 2 is 1.96 bits per heavy atom. The van der Waals surface area contributed by atoms with E-state index in [4.69, 9.17) is 10.00 Å². The van der Waals surface area contributed by atoms with Gasteiger partial charge in [0.2, 0.25) is 0 Å². The normalized spacial score (nSPS) is 12.9. The first kappa shape index (κ1) is 16.9. The van der Waals surface area contributed by atoms with Gasteiger partial charge in [-0.1, -0.05) is 30.3 Å². The number of hydrogen-bond acceptors (Lipinski definition) is 4. The minimum atomic E-state index is -0.0646. The molecule has 0 saturated heterocycles. The van der Waals surface area contributed by atoms with Gasteiger partial charge in [-0.15, -0.1) is 0 Å². The number of benzene rings is 2. The Labute approximate surface area is 157 Å². The van der Waals surface area contributed by atoms with E-state index >= 15 is 0 Å². The predicted molar refractivity (Wildman–Crippen MR) is 99.8 cm³/mol. The van der Waals surface area contributed by atoms with Crippen LogP contribution in [0, 0.1) is 11.3 Å². The fraction of sp³-hybridized carbons (Fsp3) is 0.190. The van der Waals surface area contributed by atoms with E-state index in [0.717, 1.165) is 28.9 Å². The van der Waals surface area contributed by atoms with E-state index in [9.17, 15) is 4.79 Å². The molecule has 6 nitrogen and oxygen atoms in total. The third-order valence-corrected chi connectivity index (χ3v) is 4.68. The summed E-state index contributed by atoms with van der Waals surface area (Å²) >= 11 is 0. The molecular formula is C21H18N4O2. The number of carbonyl (C=O) groups excluding carboxylic acids is 1. The summed E-state index contributed by atoms with van der Waals surface area (Å²) in [7, 11) is 0. The lowest BCUT2D eigenvalue weighted by atomic mass is 10.0. The van der Waals surface area contributed by atoms with Crippen LogP contribution in [0.1, 0.15) is 16.8 Å². The Balaban J connectivity index is 1.43. The van der Waals surface area contributed by atoms with E-state index in [1.165, 1.54) is 0 Å². The molecule has 0 unspecified atom stereocenters. The summed E-state index contributed by atoms with van der Waals surface area (Å²) in [5.74, 6) is 0.513. The summed E-state index contributed by atoms with van der Waals surface area (Å²) in [6.45, 7) is 1.13. The molecule has 0 bridgehead atoms. The molecule has 0 atom stereocenters. The molecule has 2 aromatic carbocycles. The number of amides is 1. The maximum Gasteiger partial charge on any atom is 0.260 e. The van der Waals surface area contributed by atoms with Crippen LogP contribution in [0.15, 0.2) is 54.6 Å². The first-order valence-electron chi connectivity index (χ1n) is 8.77. The van der Waals surface area contributed by atoms with E-state index in [-0.39, 0.29) is 12.5 Å². The first-order valence-corrected chi connectivity index (χ1v) is 8.77. The van der Waals surface area contributed by atoms with Crippen LogP contribution in [-0.2, 0) is 17.8 Å². The second-order valence-electron chi connectivity index (χ2n) is 6.39. The molecule has 1 aliphatic heterocycles. The molecule has 0 spiro atoms. The van der Waals surface area contributed by atoms with Crippen LogP contribution in [0.4, 0.5) is 0 Å². The summed E-state index contributed by atoms with van der Waals surface area (Å²) in [5.41, 5.74) is 4.66. The fourth-order valence-electron chi connectivity index (χ4n) is 3.20. The van der Waals surface area contributed by atoms with Crippen LogP contribution >= 0.6 is 0 Å². The van der Waals surface area contributed by atoms with Crippen molar-refractivity contribution in [3.05, 3.63) is 71.4 Å². The van der Waals surface area contributed by atoms with E-state index in [2.05, 4.69) is 16.3 Å². The highest BCUT2D eigenvalue weighted by Gasteiger charge is 2.25. The van der Waals surface area contributed by atoms with Crippen LogP contribution < -0.4 is 4.74 Å². The number of nitriles is 1. The SMILES string of the molecule is N#Cc1ccc(OCC(=O)N2CCc3[nH]nc(-c4ccccc4)c3C2)cc1. The molecular weight excluding hydrogens is 340 g/mol. The number of fused-ring (bicyclic) bond motifs is 1. The van der Waals surface area contributed by atoms with Gasteiger partial charge < -0.3 is 9.64 Å². The smallest absolute Gasteiger partial charge is 0.260 e. The fourth-order valence-corrected chi connectivity index (χ4v) is 3.20. The Hall–Kier alpha value is -3.59. The number of H-pyrrole nitrogens is 1. The molecule has 1 amide bonds. The molecule has 1 aliphatic rings. The van der Waals surface area contributed by atoms with Crippen LogP contribution in [0.3, 0.4) is 0 Å². The number of ether oxygens (including phenoxy) is 1. The minimum Gasteiger partial charge on any atom is -0.484 e. The molecule has 1 aromatic heterocycles. The Bertz CT molecular complexity index is 987. The average molecular weight is 358 g/mol. The molecule has 4 rings (SSSR count). The molecule has 27 heavy (non-hydrogen) atoms. The summed E-state index contributed by atoms with van der Waals surface area (Å²) < 4.78 is 5.58. The topological polar surface area (TPSA) is 82.0 Å². The Morgan fingerprint density at radius 3 is 2.70 bits per heavy atom. The van der Waals surface area contributed by atoms with Crippen molar-refractivity contribution < 1.29 is 9.53 Å². The summed E-state index contributed by atoms with van der Waals surface area (Å²) in [5, 5.41) is 16.4. The van der Waals surface area contributed by atoms with Crippen molar-refractivity contribution in [1.29, 1.82) is 5.26 Å².